The zero-order chi connectivity index (χ0) is 25.7. The molecule has 204 valence electrons. The summed E-state index contributed by atoms with van der Waals surface area (Å²) in [6.45, 7) is 14.8. The van der Waals surface area contributed by atoms with Crippen molar-refractivity contribution in [3.63, 3.8) is 0 Å². The van der Waals surface area contributed by atoms with Crippen molar-refractivity contribution in [3.8, 4) is 0 Å². The van der Waals surface area contributed by atoms with E-state index in [4.69, 9.17) is 23.2 Å². The first-order valence-electron chi connectivity index (χ1n) is 14.5. The normalized spacial score (nSPS) is 19.1. The Morgan fingerprint density at radius 2 is 0.757 bits per heavy atom. The molecule has 2 aliphatic heterocycles. The van der Waals surface area contributed by atoms with Crippen LogP contribution in [-0.2, 0) is 12.8 Å². The van der Waals surface area contributed by atoms with Gasteiger partial charge in [-0.2, -0.15) is 0 Å². The number of halogens is 2. The maximum Gasteiger partial charge on any atom is 0.0406 e. The molecular formula is C31H46Cl2N4. The van der Waals surface area contributed by atoms with E-state index in [2.05, 4.69) is 43.9 Å². The molecule has 2 aromatic carbocycles. The lowest BCUT2D eigenvalue weighted by atomic mass is 10.1. The number of nitrogens with zero attached hydrogens (tertiary/aromatic N) is 4. The molecule has 4 nitrogen and oxygen atoms in total. The number of rotatable bonds is 12. The van der Waals surface area contributed by atoms with Crippen LogP contribution in [-0.4, -0.2) is 98.1 Å². The Kier molecular flexibility index (Phi) is 12.5. The van der Waals surface area contributed by atoms with Crippen LogP contribution in [0.1, 0.15) is 43.2 Å². The third-order valence-corrected chi connectivity index (χ3v) is 8.52. The van der Waals surface area contributed by atoms with Gasteiger partial charge in [-0.15, -0.1) is 0 Å². The van der Waals surface area contributed by atoms with E-state index >= 15 is 0 Å². The fourth-order valence-corrected chi connectivity index (χ4v) is 6.03. The first-order chi connectivity index (χ1) is 18.1. The van der Waals surface area contributed by atoms with Crippen LogP contribution in [0.15, 0.2) is 48.5 Å². The fraction of sp³-hybridized carbons (Fsp3) is 0.613. The highest BCUT2D eigenvalue weighted by atomic mass is 35.5. The second kappa shape index (κ2) is 16.1. The van der Waals surface area contributed by atoms with Gasteiger partial charge in [0.1, 0.15) is 0 Å². The Balaban J connectivity index is 1.05. The minimum atomic E-state index is 0.829. The standard InChI is InChI=1S/C31H46Cl2N4/c32-30-12-8-28(9-13-30)6-1-16-34-18-3-20-36(26-24-34)22-5-23-37-21-4-19-35(25-27-37)17-2-7-29-10-14-31(33)15-11-29/h8-15H,1-7,16-27H2. The van der Waals surface area contributed by atoms with Crippen LogP contribution in [0.2, 0.25) is 10.0 Å². The van der Waals surface area contributed by atoms with Gasteiger partial charge in [0.2, 0.25) is 0 Å². The van der Waals surface area contributed by atoms with Crippen LogP contribution >= 0.6 is 23.2 Å². The average Bonchev–Trinajstić information content (AvgIpc) is 3.27. The Morgan fingerprint density at radius 3 is 1.11 bits per heavy atom. The number of aryl methyl sites for hydroxylation is 2. The fourth-order valence-electron chi connectivity index (χ4n) is 5.78. The quantitative estimate of drug-likeness (QED) is 0.326. The van der Waals surface area contributed by atoms with Crippen LogP contribution < -0.4 is 0 Å². The van der Waals surface area contributed by atoms with E-state index in [1.54, 1.807) is 0 Å². The summed E-state index contributed by atoms with van der Waals surface area (Å²) in [6, 6.07) is 16.7. The molecule has 0 saturated carbocycles. The zero-order valence-electron chi connectivity index (χ0n) is 22.6. The molecule has 2 fully saturated rings. The predicted octanol–water partition coefficient (Wildman–Crippen LogP) is 5.96. The van der Waals surface area contributed by atoms with E-state index in [0.29, 0.717) is 0 Å². The molecule has 0 atom stereocenters. The molecule has 4 rings (SSSR count). The third-order valence-electron chi connectivity index (χ3n) is 8.02. The molecule has 2 aromatic rings. The van der Waals surface area contributed by atoms with Crippen LogP contribution in [0.4, 0.5) is 0 Å². The molecule has 2 saturated heterocycles. The highest BCUT2D eigenvalue weighted by Gasteiger charge is 2.17. The van der Waals surface area contributed by atoms with Crippen molar-refractivity contribution >= 4 is 23.2 Å². The van der Waals surface area contributed by atoms with Gasteiger partial charge in [-0.1, -0.05) is 47.5 Å². The van der Waals surface area contributed by atoms with E-state index < -0.39 is 0 Å². The zero-order valence-corrected chi connectivity index (χ0v) is 24.1. The first-order valence-corrected chi connectivity index (χ1v) is 15.3. The van der Waals surface area contributed by atoms with Gasteiger partial charge in [0.25, 0.3) is 0 Å². The van der Waals surface area contributed by atoms with Crippen molar-refractivity contribution in [3.05, 3.63) is 69.7 Å². The van der Waals surface area contributed by atoms with Gasteiger partial charge >= 0.3 is 0 Å². The SMILES string of the molecule is Clc1ccc(CCCN2CCCN(CCCN3CCCN(CCCc4ccc(Cl)cc4)CC3)CC2)cc1. The predicted molar refractivity (Wildman–Crippen MR) is 159 cm³/mol. The van der Waals surface area contributed by atoms with Crippen molar-refractivity contribution < 1.29 is 0 Å². The summed E-state index contributed by atoms with van der Waals surface area (Å²) in [7, 11) is 0. The lowest BCUT2D eigenvalue weighted by Gasteiger charge is -2.24. The summed E-state index contributed by atoms with van der Waals surface area (Å²) in [5, 5.41) is 1.66. The first kappa shape index (κ1) is 28.9. The number of benzene rings is 2. The summed E-state index contributed by atoms with van der Waals surface area (Å²) >= 11 is 12.0. The minimum absolute atomic E-state index is 0.829. The van der Waals surface area contributed by atoms with Crippen LogP contribution in [0.3, 0.4) is 0 Å². The monoisotopic (exact) mass is 544 g/mol. The molecule has 0 amide bonds. The Morgan fingerprint density at radius 1 is 0.432 bits per heavy atom. The molecule has 2 aliphatic rings. The van der Waals surface area contributed by atoms with Gasteiger partial charge in [0.05, 0.1) is 0 Å². The van der Waals surface area contributed by atoms with E-state index in [-0.39, 0.29) is 0 Å². The highest BCUT2D eigenvalue weighted by molar-refractivity contribution is 6.30. The van der Waals surface area contributed by atoms with E-state index in [0.717, 1.165) is 22.9 Å². The molecule has 6 heteroatoms. The Bertz CT molecular complexity index is 816. The smallest absolute Gasteiger partial charge is 0.0406 e. The molecule has 0 aromatic heterocycles. The van der Waals surface area contributed by atoms with Gasteiger partial charge < -0.3 is 19.6 Å². The van der Waals surface area contributed by atoms with Gasteiger partial charge in [-0.25, -0.2) is 0 Å². The van der Waals surface area contributed by atoms with E-state index in [9.17, 15) is 0 Å². The largest absolute Gasteiger partial charge is 0.302 e. The molecule has 0 radical (unpaired) electrons. The summed E-state index contributed by atoms with van der Waals surface area (Å²) in [5.41, 5.74) is 2.80. The number of hydrogen-bond acceptors (Lipinski definition) is 4. The molecule has 0 spiro atoms. The Hall–Kier alpha value is -1.14. The summed E-state index contributed by atoms with van der Waals surface area (Å²) in [5.74, 6) is 0. The van der Waals surface area contributed by atoms with Crippen molar-refractivity contribution in [1.29, 1.82) is 0 Å². The van der Waals surface area contributed by atoms with E-state index in [1.807, 2.05) is 24.3 Å². The maximum atomic E-state index is 6.01. The molecule has 0 bridgehead atoms. The lowest BCUT2D eigenvalue weighted by molar-refractivity contribution is 0.222. The van der Waals surface area contributed by atoms with Crippen molar-refractivity contribution in [2.75, 3.05) is 78.5 Å². The van der Waals surface area contributed by atoms with Crippen LogP contribution in [0.25, 0.3) is 0 Å². The highest BCUT2D eigenvalue weighted by Crippen LogP contribution is 2.14. The second-order valence-corrected chi connectivity index (χ2v) is 11.8. The topological polar surface area (TPSA) is 13.0 Å². The third kappa shape index (κ3) is 10.9. The van der Waals surface area contributed by atoms with Gasteiger partial charge in [0.15, 0.2) is 0 Å². The summed E-state index contributed by atoms with van der Waals surface area (Å²) in [4.78, 5) is 10.8. The van der Waals surface area contributed by atoms with Crippen LogP contribution in [0, 0.1) is 0 Å². The average molecular weight is 546 g/mol. The minimum Gasteiger partial charge on any atom is -0.302 e. The molecule has 0 N–H and O–H groups in total. The lowest BCUT2D eigenvalue weighted by Crippen LogP contribution is -2.35. The molecule has 0 unspecified atom stereocenters. The molecule has 37 heavy (non-hydrogen) atoms. The van der Waals surface area contributed by atoms with E-state index in [1.165, 1.54) is 122 Å². The number of hydrogen-bond donors (Lipinski definition) is 0. The second-order valence-electron chi connectivity index (χ2n) is 10.9. The van der Waals surface area contributed by atoms with Crippen molar-refractivity contribution in [2.24, 2.45) is 0 Å². The maximum absolute atomic E-state index is 6.01. The molecule has 0 aliphatic carbocycles. The van der Waals surface area contributed by atoms with Gasteiger partial charge in [0, 0.05) is 36.2 Å². The summed E-state index contributed by atoms with van der Waals surface area (Å²) < 4.78 is 0. The molecular weight excluding hydrogens is 499 g/mol. The summed E-state index contributed by atoms with van der Waals surface area (Å²) in [6.07, 6.45) is 8.65. The Labute approximate surface area is 235 Å². The molecule has 2 heterocycles. The van der Waals surface area contributed by atoms with Crippen molar-refractivity contribution in [2.45, 2.75) is 44.9 Å². The van der Waals surface area contributed by atoms with Crippen LogP contribution in [0.5, 0.6) is 0 Å². The van der Waals surface area contributed by atoms with Gasteiger partial charge in [-0.3, -0.25) is 0 Å². The van der Waals surface area contributed by atoms with Crippen molar-refractivity contribution in [1.82, 2.24) is 19.6 Å². The van der Waals surface area contributed by atoms with Gasteiger partial charge in [-0.05, 0) is 133 Å².